The van der Waals surface area contributed by atoms with Crippen LogP contribution in [0.15, 0.2) is 53.3 Å². The summed E-state index contributed by atoms with van der Waals surface area (Å²) in [5, 5.41) is 1.39. The van der Waals surface area contributed by atoms with Crippen LogP contribution in [0.3, 0.4) is 0 Å². The van der Waals surface area contributed by atoms with E-state index in [-0.39, 0.29) is 5.69 Å². The minimum absolute atomic E-state index is 0.251. The lowest BCUT2D eigenvalue weighted by Crippen LogP contribution is -2.41. The van der Waals surface area contributed by atoms with Gasteiger partial charge in [0.25, 0.3) is 11.8 Å². The molecule has 0 aliphatic carbocycles. The molecule has 4 aromatic rings. The van der Waals surface area contributed by atoms with Crippen LogP contribution in [-0.4, -0.2) is 21.8 Å². The summed E-state index contributed by atoms with van der Waals surface area (Å²) < 4.78 is 5.30. The molecule has 0 bridgehead atoms. The molecule has 26 heavy (non-hydrogen) atoms. The smallest absolute Gasteiger partial charge is 0.289 e. The topological polar surface area (TPSA) is 100 Å². The van der Waals surface area contributed by atoms with Crippen molar-refractivity contribution in [3.63, 3.8) is 0 Å². The zero-order valence-corrected chi connectivity index (χ0v) is 14.5. The summed E-state index contributed by atoms with van der Waals surface area (Å²) in [6.07, 6.45) is 3.16. The number of nitrogens with one attached hydrogen (secondary N) is 3. The number of thiazole rings is 1. The van der Waals surface area contributed by atoms with Gasteiger partial charge in [-0.15, -0.1) is 11.3 Å². The number of carbonyl (C=O) groups is 2. The Bertz CT molecular complexity index is 1100. The summed E-state index contributed by atoms with van der Waals surface area (Å²) in [6.45, 7) is 1.79. The van der Waals surface area contributed by atoms with Crippen LogP contribution < -0.4 is 10.9 Å². The molecule has 0 saturated carbocycles. The number of fused-ring (bicyclic) bond motifs is 1. The lowest BCUT2D eigenvalue weighted by Gasteiger charge is -2.05. The predicted molar refractivity (Wildman–Crippen MR) is 97.8 cm³/mol. The number of H-pyrrole nitrogens is 1. The third kappa shape index (κ3) is 2.86. The highest BCUT2D eigenvalue weighted by Gasteiger charge is 2.19. The number of aromatic nitrogens is 2. The fourth-order valence-corrected chi connectivity index (χ4v) is 3.49. The number of carbonyl (C=O) groups excluding carboxylic acids is 2. The Labute approximate surface area is 152 Å². The normalized spacial score (nSPS) is 10.8. The molecule has 8 heteroatoms. The third-order valence-electron chi connectivity index (χ3n) is 3.87. The fourth-order valence-electron chi connectivity index (χ4n) is 2.61. The van der Waals surface area contributed by atoms with Gasteiger partial charge in [0.15, 0.2) is 10.8 Å². The fraction of sp³-hybridized carbons (Fsp3) is 0.0556. The summed E-state index contributed by atoms with van der Waals surface area (Å²) in [6, 6.07) is 11.0. The number of aryl methyl sites for hydroxylation is 1. The number of rotatable bonds is 3. The third-order valence-corrected chi connectivity index (χ3v) is 4.85. The summed E-state index contributed by atoms with van der Waals surface area (Å²) >= 11 is 1.35. The van der Waals surface area contributed by atoms with Crippen molar-refractivity contribution < 1.29 is 14.0 Å². The van der Waals surface area contributed by atoms with Gasteiger partial charge in [-0.2, -0.15) is 0 Å². The maximum absolute atomic E-state index is 12.4. The van der Waals surface area contributed by atoms with Crippen LogP contribution in [-0.2, 0) is 0 Å². The second kappa shape index (κ2) is 6.49. The largest absolute Gasteiger partial charge is 0.462 e. The zero-order chi connectivity index (χ0) is 18.1. The molecule has 0 atom stereocenters. The number of hydrogen-bond acceptors (Lipinski definition) is 5. The average Bonchev–Trinajstić information content (AvgIpc) is 3.38. The van der Waals surface area contributed by atoms with Gasteiger partial charge in [0.2, 0.25) is 0 Å². The van der Waals surface area contributed by atoms with E-state index in [0.717, 1.165) is 15.8 Å². The zero-order valence-electron chi connectivity index (χ0n) is 13.7. The molecule has 3 aromatic heterocycles. The van der Waals surface area contributed by atoms with E-state index in [0.29, 0.717) is 16.3 Å². The van der Waals surface area contributed by atoms with E-state index in [1.165, 1.54) is 11.3 Å². The Balaban J connectivity index is 1.48. The number of hydrogen-bond donors (Lipinski definition) is 3. The van der Waals surface area contributed by atoms with Crippen LogP contribution in [0.2, 0.25) is 0 Å². The second-order valence-electron chi connectivity index (χ2n) is 5.56. The number of aromatic amines is 1. The van der Waals surface area contributed by atoms with Crippen molar-refractivity contribution in [2.45, 2.75) is 6.92 Å². The summed E-state index contributed by atoms with van der Waals surface area (Å²) in [5.41, 5.74) is 6.39. The van der Waals surface area contributed by atoms with Crippen LogP contribution in [0.1, 0.15) is 25.7 Å². The molecule has 2 amide bonds. The number of para-hydroxylation sites is 1. The minimum Gasteiger partial charge on any atom is -0.462 e. The van der Waals surface area contributed by atoms with Crippen LogP contribution in [0, 0.1) is 6.92 Å². The summed E-state index contributed by atoms with van der Waals surface area (Å²) in [4.78, 5) is 32.8. The number of amides is 2. The Morgan fingerprint density at radius 2 is 1.92 bits per heavy atom. The molecule has 4 rings (SSSR count). The standard InChI is InChI=1S/C18H14N4O3S/c1-10-15(20-18(26-10)14-7-4-8-25-14)17(24)22-21-16(23)12-9-19-13-6-3-2-5-11(12)13/h2-9,19H,1H3,(H,21,23)(H,22,24). The van der Waals surface area contributed by atoms with Crippen molar-refractivity contribution >= 4 is 34.1 Å². The van der Waals surface area contributed by atoms with Crippen LogP contribution in [0.25, 0.3) is 21.7 Å². The Morgan fingerprint density at radius 1 is 1.12 bits per heavy atom. The van der Waals surface area contributed by atoms with Gasteiger partial charge >= 0.3 is 0 Å². The van der Waals surface area contributed by atoms with Gasteiger partial charge in [0, 0.05) is 22.0 Å². The monoisotopic (exact) mass is 366 g/mol. The molecule has 3 heterocycles. The van der Waals surface area contributed by atoms with E-state index in [1.54, 1.807) is 31.5 Å². The highest BCUT2D eigenvalue weighted by molar-refractivity contribution is 7.15. The summed E-state index contributed by atoms with van der Waals surface area (Å²) in [5.74, 6) is -0.292. The van der Waals surface area contributed by atoms with Crippen molar-refractivity contribution in [3.05, 3.63) is 65.0 Å². The van der Waals surface area contributed by atoms with Gasteiger partial charge in [-0.1, -0.05) is 18.2 Å². The van der Waals surface area contributed by atoms with E-state index in [1.807, 2.05) is 24.3 Å². The van der Waals surface area contributed by atoms with Gasteiger partial charge in [0.1, 0.15) is 5.69 Å². The Kier molecular flexibility index (Phi) is 4.02. The van der Waals surface area contributed by atoms with Crippen molar-refractivity contribution in [1.29, 1.82) is 0 Å². The van der Waals surface area contributed by atoms with Crippen LogP contribution in [0.4, 0.5) is 0 Å². The van der Waals surface area contributed by atoms with E-state index in [2.05, 4.69) is 20.8 Å². The Morgan fingerprint density at radius 3 is 2.73 bits per heavy atom. The molecule has 1 aromatic carbocycles. The molecule has 0 aliphatic heterocycles. The highest BCUT2D eigenvalue weighted by Crippen LogP contribution is 2.27. The molecule has 0 unspecified atom stereocenters. The van der Waals surface area contributed by atoms with E-state index in [4.69, 9.17) is 4.42 Å². The Hall–Kier alpha value is -3.39. The molecule has 0 aliphatic rings. The first-order valence-corrected chi connectivity index (χ1v) is 8.63. The van der Waals surface area contributed by atoms with E-state index >= 15 is 0 Å². The number of nitrogens with zero attached hydrogens (tertiary/aromatic N) is 1. The van der Waals surface area contributed by atoms with Crippen LogP contribution in [0.5, 0.6) is 0 Å². The summed E-state index contributed by atoms with van der Waals surface area (Å²) in [7, 11) is 0. The van der Waals surface area contributed by atoms with Crippen molar-refractivity contribution in [2.24, 2.45) is 0 Å². The second-order valence-corrected chi connectivity index (χ2v) is 6.76. The average molecular weight is 366 g/mol. The quantitative estimate of drug-likeness (QED) is 0.485. The lowest BCUT2D eigenvalue weighted by atomic mass is 10.2. The van der Waals surface area contributed by atoms with Gasteiger partial charge in [-0.3, -0.25) is 20.4 Å². The first-order valence-electron chi connectivity index (χ1n) is 7.81. The first-order chi connectivity index (χ1) is 12.6. The number of benzene rings is 1. The lowest BCUT2D eigenvalue weighted by molar-refractivity contribution is 0.0845. The van der Waals surface area contributed by atoms with E-state index < -0.39 is 11.8 Å². The molecule has 3 N–H and O–H groups in total. The van der Waals surface area contributed by atoms with Gasteiger partial charge < -0.3 is 9.40 Å². The van der Waals surface area contributed by atoms with Gasteiger partial charge in [0.05, 0.1) is 11.8 Å². The van der Waals surface area contributed by atoms with Gasteiger partial charge in [-0.25, -0.2) is 4.98 Å². The van der Waals surface area contributed by atoms with E-state index in [9.17, 15) is 9.59 Å². The molecule has 7 nitrogen and oxygen atoms in total. The molecule has 0 saturated heterocycles. The van der Waals surface area contributed by atoms with Crippen molar-refractivity contribution in [3.8, 4) is 10.8 Å². The maximum atomic E-state index is 12.4. The molecule has 130 valence electrons. The predicted octanol–water partition coefficient (Wildman–Crippen LogP) is 3.27. The minimum atomic E-state index is -0.482. The van der Waals surface area contributed by atoms with Crippen molar-refractivity contribution in [1.82, 2.24) is 20.8 Å². The highest BCUT2D eigenvalue weighted by atomic mass is 32.1. The molecule has 0 fully saturated rings. The number of furan rings is 1. The number of hydrazine groups is 1. The molecule has 0 spiro atoms. The maximum Gasteiger partial charge on any atom is 0.289 e. The van der Waals surface area contributed by atoms with Crippen molar-refractivity contribution in [2.75, 3.05) is 0 Å². The first kappa shape index (κ1) is 16.1. The van der Waals surface area contributed by atoms with Gasteiger partial charge in [-0.05, 0) is 25.1 Å². The molecule has 0 radical (unpaired) electrons. The molecular formula is C18H14N4O3S. The SMILES string of the molecule is Cc1sc(-c2ccco2)nc1C(=O)NNC(=O)c1c[nH]c2ccccc12. The van der Waals surface area contributed by atoms with Crippen LogP contribution >= 0.6 is 11.3 Å². The molecular weight excluding hydrogens is 352 g/mol.